The van der Waals surface area contributed by atoms with Crippen LogP contribution in [0.4, 0.5) is 0 Å². The van der Waals surface area contributed by atoms with E-state index in [1.165, 1.54) is 0 Å². The second-order valence-corrected chi connectivity index (χ2v) is 10.4. The van der Waals surface area contributed by atoms with Gasteiger partial charge in [-0.3, -0.25) is 0 Å². The normalized spacial score (nSPS) is 18.2. The molecule has 4 aromatic carbocycles. The first-order valence-electron chi connectivity index (χ1n) is 13.7. The van der Waals surface area contributed by atoms with Crippen molar-refractivity contribution in [2.75, 3.05) is 6.61 Å². The van der Waals surface area contributed by atoms with Gasteiger partial charge in [0.1, 0.15) is 23.7 Å². The molecule has 6 heteroatoms. The molecule has 0 spiro atoms. The van der Waals surface area contributed by atoms with Gasteiger partial charge in [-0.15, -0.1) is 0 Å². The Bertz CT molecular complexity index is 1500. The van der Waals surface area contributed by atoms with Crippen LogP contribution in [-0.4, -0.2) is 12.7 Å². The largest absolute Gasteiger partial charge is 0.458 e. The Morgan fingerprint density at radius 3 is 1.90 bits per heavy atom. The fourth-order valence-corrected chi connectivity index (χ4v) is 4.99. The molecule has 1 aliphatic heterocycles. The molecule has 0 saturated heterocycles. The minimum Gasteiger partial charge on any atom is -0.458 e. The summed E-state index contributed by atoms with van der Waals surface area (Å²) in [4.78, 5) is 0. The van der Waals surface area contributed by atoms with E-state index >= 15 is 0 Å². The van der Waals surface area contributed by atoms with Crippen molar-refractivity contribution < 1.29 is 23.4 Å². The van der Waals surface area contributed by atoms with Gasteiger partial charge in [0.15, 0.2) is 6.29 Å². The molecular formula is C35H31ClO5. The Balaban J connectivity index is 1.29. The number of rotatable bonds is 11. The lowest BCUT2D eigenvalue weighted by molar-refractivity contribution is -0.239. The number of furan rings is 1. The van der Waals surface area contributed by atoms with E-state index < -0.39 is 18.5 Å². The molecule has 0 bridgehead atoms. The maximum atomic E-state index is 6.59. The molecule has 0 saturated carbocycles. The molecule has 5 nitrogen and oxygen atoms in total. The van der Waals surface area contributed by atoms with E-state index in [2.05, 4.69) is 0 Å². The van der Waals surface area contributed by atoms with Gasteiger partial charge >= 0.3 is 0 Å². The fraction of sp³-hybridized carbons (Fsp3) is 0.200. The molecule has 1 aliphatic rings. The smallest absolute Gasteiger partial charge is 0.188 e. The van der Waals surface area contributed by atoms with Crippen molar-refractivity contribution >= 4 is 11.6 Å². The number of fused-ring (bicyclic) bond motifs is 1. The molecule has 3 atom stereocenters. The average Bonchev–Trinajstić information content (AvgIpc) is 3.47. The van der Waals surface area contributed by atoms with Crippen LogP contribution in [0.25, 0.3) is 11.3 Å². The third-order valence-electron chi connectivity index (χ3n) is 6.98. The monoisotopic (exact) mass is 566 g/mol. The molecule has 1 aromatic heterocycles. The highest BCUT2D eigenvalue weighted by Gasteiger charge is 2.41. The van der Waals surface area contributed by atoms with Gasteiger partial charge in [-0.05, 0) is 34.9 Å². The predicted molar refractivity (Wildman–Crippen MR) is 158 cm³/mol. The third-order valence-corrected chi connectivity index (χ3v) is 7.23. The first-order chi connectivity index (χ1) is 20.2. The van der Waals surface area contributed by atoms with Crippen LogP contribution >= 0.6 is 11.6 Å². The molecule has 0 radical (unpaired) electrons. The predicted octanol–water partition coefficient (Wildman–Crippen LogP) is 8.69. The van der Waals surface area contributed by atoms with E-state index in [-0.39, 0.29) is 0 Å². The number of halogens is 1. The van der Waals surface area contributed by atoms with Crippen LogP contribution in [0.5, 0.6) is 0 Å². The van der Waals surface area contributed by atoms with Crippen LogP contribution in [0.1, 0.15) is 40.4 Å². The highest BCUT2D eigenvalue weighted by molar-refractivity contribution is 6.30. The van der Waals surface area contributed by atoms with E-state index in [1.807, 2.05) is 121 Å². The Morgan fingerprint density at radius 1 is 0.634 bits per heavy atom. The molecular weight excluding hydrogens is 536 g/mol. The summed E-state index contributed by atoms with van der Waals surface area (Å²) in [5.41, 5.74) is 4.93. The van der Waals surface area contributed by atoms with Gasteiger partial charge < -0.3 is 23.4 Å². The molecule has 41 heavy (non-hydrogen) atoms. The molecule has 0 aliphatic carbocycles. The van der Waals surface area contributed by atoms with Crippen molar-refractivity contribution in [1.29, 1.82) is 0 Å². The van der Waals surface area contributed by atoms with Gasteiger partial charge in [-0.1, -0.05) is 115 Å². The van der Waals surface area contributed by atoms with Crippen molar-refractivity contribution in [3.63, 3.8) is 0 Å². The standard InChI is InChI=1S/C35H31ClO5/c36-29-18-16-27(17-19-29)23-39-35-30-20-31(28-14-8-3-9-15-28)40-33(30)34(38-22-26-12-6-2-7-13-26)32(41-35)24-37-21-25-10-4-1-5-11-25/h1-20,32,34-35H,21-24H2/t32-,34+,35+/m1/s1. The second kappa shape index (κ2) is 13.3. The molecule has 5 aromatic rings. The fourth-order valence-electron chi connectivity index (χ4n) is 4.86. The highest BCUT2D eigenvalue weighted by atomic mass is 35.5. The van der Waals surface area contributed by atoms with E-state index in [9.17, 15) is 0 Å². The lowest BCUT2D eigenvalue weighted by atomic mass is 10.0. The van der Waals surface area contributed by atoms with Gasteiger partial charge in [0.05, 0.1) is 32.0 Å². The van der Waals surface area contributed by atoms with E-state index in [0.717, 1.165) is 33.6 Å². The third kappa shape index (κ3) is 6.96. The summed E-state index contributed by atoms with van der Waals surface area (Å²) in [6.45, 7) is 1.51. The zero-order valence-corrected chi connectivity index (χ0v) is 23.3. The summed E-state index contributed by atoms with van der Waals surface area (Å²) in [5, 5.41) is 0.682. The maximum absolute atomic E-state index is 6.59. The Kier molecular flexibility index (Phi) is 8.91. The van der Waals surface area contributed by atoms with Gasteiger partial charge in [0.25, 0.3) is 0 Å². The van der Waals surface area contributed by atoms with Crippen molar-refractivity contribution in [1.82, 2.24) is 0 Å². The summed E-state index contributed by atoms with van der Waals surface area (Å²) in [6, 6.07) is 39.8. The summed E-state index contributed by atoms with van der Waals surface area (Å²) < 4.78 is 32.1. The number of hydrogen-bond acceptors (Lipinski definition) is 5. The summed E-state index contributed by atoms with van der Waals surface area (Å²) in [6.07, 6.45) is -1.61. The summed E-state index contributed by atoms with van der Waals surface area (Å²) in [7, 11) is 0. The van der Waals surface area contributed by atoms with E-state index in [0.29, 0.717) is 37.2 Å². The van der Waals surface area contributed by atoms with E-state index in [1.54, 1.807) is 0 Å². The zero-order valence-electron chi connectivity index (χ0n) is 22.5. The van der Waals surface area contributed by atoms with Crippen LogP contribution in [0.15, 0.2) is 126 Å². The molecule has 0 fully saturated rings. The van der Waals surface area contributed by atoms with Crippen LogP contribution in [0.3, 0.4) is 0 Å². The number of hydrogen-bond donors (Lipinski definition) is 0. The Morgan fingerprint density at radius 2 is 1.22 bits per heavy atom. The van der Waals surface area contributed by atoms with Crippen molar-refractivity contribution in [3.8, 4) is 11.3 Å². The first-order valence-corrected chi connectivity index (χ1v) is 14.1. The van der Waals surface area contributed by atoms with Crippen LogP contribution in [0.2, 0.25) is 5.02 Å². The Labute approximate surface area is 245 Å². The van der Waals surface area contributed by atoms with Crippen LogP contribution < -0.4 is 0 Å². The van der Waals surface area contributed by atoms with Gasteiger partial charge in [0.2, 0.25) is 0 Å². The molecule has 6 rings (SSSR count). The minimum atomic E-state index is -0.663. The van der Waals surface area contributed by atoms with Gasteiger partial charge in [0, 0.05) is 10.6 Å². The maximum Gasteiger partial charge on any atom is 0.188 e. The summed E-state index contributed by atoms with van der Waals surface area (Å²) in [5.74, 6) is 1.43. The summed E-state index contributed by atoms with van der Waals surface area (Å²) >= 11 is 6.08. The average molecular weight is 567 g/mol. The first kappa shape index (κ1) is 27.5. The second-order valence-electron chi connectivity index (χ2n) is 9.96. The van der Waals surface area contributed by atoms with Crippen LogP contribution in [0, 0.1) is 0 Å². The highest BCUT2D eigenvalue weighted by Crippen LogP contribution is 2.44. The van der Waals surface area contributed by atoms with Gasteiger partial charge in [-0.2, -0.15) is 0 Å². The van der Waals surface area contributed by atoms with Crippen molar-refractivity contribution in [3.05, 3.63) is 154 Å². The van der Waals surface area contributed by atoms with Gasteiger partial charge in [-0.25, -0.2) is 0 Å². The molecule has 0 amide bonds. The van der Waals surface area contributed by atoms with Crippen molar-refractivity contribution in [2.45, 2.75) is 38.3 Å². The topological polar surface area (TPSA) is 50.1 Å². The van der Waals surface area contributed by atoms with Crippen LogP contribution in [-0.2, 0) is 38.8 Å². The molecule has 208 valence electrons. The van der Waals surface area contributed by atoms with E-state index in [4.69, 9.17) is 35.0 Å². The SMILES string of the molecule is Clc1ccc(CO[C@H]2O[C@H](COCc3ccccc3)[C@H](OCc3ccccc3)c3oc(-c4ccccc4)cc32)cc1. The minimum absolute atomic E-state index is 0.302. The number of ether oxygens (including phenoxy) is 4. The number of benzene rings is 4. The zero-order chi connectivity index (χ0) is 27.9. The molecule has 0 unspecified atom stereocenters. The lowest BCUT2D eigenvalue weighted by Crippen LogP contribution is -2.36. The Hall–Kier alpha value is -3.71. The quantitative estimate of drug-likeness (QED) is 0.160. The lowest BCUT2D eigenvalue weighted by Gasteiger charge is -2.35. The molecule has 0 N–H and O–H groups in total. The van der Waals surface area contributed by atoms with Crippen molar-refractivity contribution in [2.24, 2.45) is 0 Å². The molecule has 2 heterocycles.